The monoisotopic (exact) mass is 452 g/mol. The van der Waals surface area contributed by atoms with E-state index in [-0.39, 0.29) is 12.5 Å². The van der Waals surface area contributed by atoms with E-state index in [0.717, 1.165) is 11.1 Å². The predicted octanol–water partition coefficient (Wildman–Crippen LogP) is 3.24. The van der Waals surface area contributed by atoms with Gasteiger partial charge in [-0.25, -0.2) is 9.59 Å². The predicted molar refractivity (Wildman–Crippen MR) is 116 cm³/mol. The van der Waals surface area contributed by atoms with Gasteiger partial charge in [-0.3, -0.25) is 4.79 Å². The summed E-state index contributed by atoms with van der Waals surface area (Å²) in [6.45, 7) is 1.89. The maximum absolute atomic E-state index is 11.8. The fourth-order valence-corrected chi connectivity index (χ4v) is 2.86. The SMILES string of the molecule is CC(Cc1ccccc1)(NC(=O)CN)c1ccc(Cl)c(Cl)c1.O=C(O)/C=C\C(=O)O. The van der Waals surface area contributed by atoms with Crippen molar-refractivity contribution in [3.05, 3.63) is 81.9 Å². The van der Waals surface area contributed by atoms with Crippen LogP contribution < -0.4 is 11.1 Å². The van der Waals surface area contributed by atoms with E-state index in [1.165, 1.54) is 0 Å². The van der Waals surface area contributed by atoms with Gasteiger partial charge in [0.15, 0.2) is 0 Å². The van der Waals surface area contributed by atoms with Crippen molar-refractivity contribution in [3.63, 3.8) is 0 Å². The van der Waals surface area contributed by atoms with Crippen LogP contribution in [0.25, 0.3) is 0 Å². The summed E-state index contributed by atoms with van der Waals surface area (Å²) in [4.78, 5) is 31.0. The Hall–Kier alpha value is -2.87. The third kappa shape index (κ3) is 8.65. The van der Waals surface area contributed by atoms with Crippen LogP contribution in [0.15, 0.2) is 60.7 Å². The summed E-state index contributed by atoms with van der Waals surface area (Å²) in [5.74, 6) is -2.73. The van der Waals surface area contributed by atoms with Crippen molar-refractivity contribution in [2.45, 2.75) is 18.9 Å². The number of benzene rings is 2. The quantitative estimate of drug-likeness (QED) is 0.477. The Labute approximate surface area is 184 Å². The Balaban J connectivity index is 0.000000479. The highest BCUT2D eigenvalue weighted by molar-refractivity contribution is 6.42. The van der Waals surface area contributed by atoms with Crippen LogP contribution in [0.5, 0.6) is 0 Å². The standard InChI is InChI=1S/C17H18Cl2N2O.C4H4O4/c1-17(21-16(22)11-20,10-12-5-3-2-4-6-12)13-7-8-14(18)15(19)9-13;5-3(6)1-2-4(7)8/h2-9H,10-11,20H2,1H3,(H,21,22);1-2H,(H,5,6)(H,7,8)/b;2-1-. The van der Waals surface area contributed by atoms with E-state index in [2.05, 4.69) is 5.32 Å². The summed E-state index contributed by atoms with van der Waals surface area (Å²) in [5, 5.41) is 19.6. The molecule has 0 aliphatic carbocycles. The molecule has 0 aromatic heterocycles. The van der Waals surface area contributed by atoms with Gasteiger partial charge < -0.3 is 21.3 Å². The number of carboxylic acids is 2. The molecule has 1 unspecified atom stereocenters. The summed E-state index contributed by atoms with van der Waals surface area (Å²) in [6, 6.07) is 15.3. The van der Waals surface area contributed by atoms with Gasteiger partial charge in [0.05, 0.1) is 22.1 Å². The van der Waals surface area contributed by atoms with E-state index in [1.54, 1.807) is 12.1 Å². The molecular weight excluding hydrogens is 431 g/mol. The van der Waals surface area contributed by atoms with E-state index in [9.17, 15) is 14.4 Å². The minimum atomic E-state index is -1.26. The molecule has 160 valence electrons. The number of amides is 1. The third-order valence-electron chi connectivity index (χ3n) is 3.93. The normalized spacial score (nSPS) is 12.4. The average Bonchev–Trinajstić information content (AvgIpc) is 2.69. The second-order valence-electron chi connectivity index (χ2n) is 6.39. The molecule has 0 aliphatic heterocycles. The number of nitrogens with two attached hydrogens (primary N) is 1. The number of rotatable bonds is 7. The van der Waals surface area contributed by atoms with E-state index >= 15 is 0 Å². The van der Waals surface area contributed by atoms with Gasteiger partial charge in [-0.2, -0.15) is 0 Å². The van der Waals surface area contributed by atoms with Crippen LogP contribution in [0.2, 0.25) is 10.0 Å². The fraction of sp³-hybridized carbons (Fsp3) is 0.190. The van der Waals surface area contributed by atoms with Crippen molar-refractivity contribution in [3.8, 4) is 0 Å². The van der Waals surface area contributed by atoms with Crippen molar-refractivity contribution >= 4 is 41.0 Å². The molecule has 2 aromatic rings. The Kier molecular flexibility index (Phi) is 10.0. The molecule has 0 fully saturated rings. The lowest BCUT2D eigenvalue weighted by Crippen LogP contribution is -2.47. The smallest absolute Gasteiger partial charge is 0.328 e. The molecule has 1 amide bonds. The molecule has 7 nitrogen and oxygen atoms in total. The average molecular weight is 453 g/mol. The maximum Gasteiger partial charge on any atom is 0.328 e. The largest absolute Gasteiger partial charge is 0.478 e. The lowest BCUT2D eigenvalue weighted by molar-refractivity contribution is -0.134. The lowest BCUT2D eigenvalue weighted by atomic mass is 9.85. The van der Waals surface area contributed by atoms with Crippen LogP contribution >= 0.6 is 23.2 Å². The number of carbonyl (C=O) groups excluding carboxylic acids is 1. The number of nitrogens with one attached hydrogen (secondary N) is 1. The zero-order valence-electron chi connectivity index (χ0n) is 16.1. The maximum atomic E-state index is 11.8. The molecule has 0 aliphatic rings. The highest BCUT2D eigenvalue weighted by Crippen LogP contribution is 2.31. The van der Waals surface area contributed by atoms with Gasteiger partial charge >= 0.3 is 11.9 Å². The first-order chi connectivity index (χ1) is 14.1. The minimum Gasteiger partial charge on any atom is -0.478 e. The van der Waals surface area contributed by atoms with Crippen LogP contribution in [0.4, 0.5) is 0 Å². The molecule has 0 bridgehead atoms. The van der Waals surface area contributed by atoms with Crippen molar-refractivity contribution < 1.29 is 24.6 Å². The summed E-state index contributed by atoms with van der Waals surface area (Å²) < 4.78 is 0. The van der Waals surface area contributed by atoms with E-state index < -0.39 is 17.5 Å². The van der Waals surface area contributed by atoms with E-state index in [0.29, 0.717) is 28.6 Å². The molecule has 0 spiro atoms. The molecule has 30 heavy (non-hydrogen) atoms. The second kappa shape index (κ2) is 12.0. The van der Waals surface area contributed by atoms with Gasteiger partial charge in [0.1, 0.15) is 0 Å². The van der Waals surface area contributed by atoms with Gasteiger partial charge in [-0.1, -0.05) is 59.6 Å². The molecule has 2 rings (SSSR count). The number of hydrogen-bond acceptors (Lipinski definition) is 4. The Morgan fingerprint density at radius 1 is 1.00 bits per heavy atom. The molecular formula is C21H22Cl2N2O5. The number of aliphatic carboxylic acids is 2. The highest BCUT2D eigenvalue weighted by atomic mass is 35.5. The van der Waals surface area contributed by atoms with Gasteiger partial charge in [0.2, 0.25) is 5.91 Å². The number of halogens is 2. The molecule has 0 saturated heterocycles. The van der Waals surface area contributed by atoms with Crippen LogP contribution in [-0.2, 0) is 26.3 Å². The minimum absolute atomic E-state index is 0.0638. The fourth-order valence-electron chi connectivity index (χ4n) is 2.56. The highest BCUT2D eigenvalue weighted by Gasteiger charge is 2.29. The molecule has 0 saturated carbocycles. The lowest BCUT2D eigenvalue weighted by Gasteiger charge is -2.32. The van der Waals surface area contributed by atoms with Crippen LogP contribution in [-0.4, -0.2) is 34.6 Å². The summed E-state index contributed by atoms with van der Waals surface area (Å²) in [7, 11) is 0. The number of hydrogen-bond donors (Lipinski definition) is 4. The summed E-state index contributed by atoms with van der Waals surface area (Å²) >= 11 is 12.1. The summed E-state index contributed by atoms with van der Waals surface area (Å²) in [6.07, 6.45) is 1.74. The first-order valence-electron chi connectivity index (χ1n) is 8.72. The van der Waals surface area contributed by atoms with Crippen molar-refractivity contribution in [2.75, 3.05) is 6.54 Å². The Morgan fingerprint density at radius 3 is 2.03 bits per heavy atom. The first-order valence-corrected chi connectivity index (χ1v) is 9.47. The zero-order valence-corrected chi connectivity index (χ0v) is 17.7. The molecule has 2 aromatic carbocycles. The zero-order chi connectivity index (χ0) is 22.7. The molecule has 0 heterocycles. The van der Waals surface area contributed by atoms with E-state index in [4.69, 9.17) is 39.1 Å². The summed E-state index contributed by atoms with van der Waals surface area (Å²) in [5.41, 5.74) is 6.81. The number of carbonyl (C=O) groups is 3. The molecule has 5 N–H and O–H groups in total. The van der Waals surface area contributed by atoms with Gasteiger partial charge in [0, 0.05) is 12.2 Å². The topological polar surface area (TPSA) is 130 Å². The molecule has 9 heteroatoms. The van der Waals surface area contributed by atoms with Crippen LogP contribution in [0.3, 0.4) is 0 Å². The van der Waals surface area contributed by atoms with E-state index in [1.807, 2.05) is 43.3 Å². The third-order valence-corrected chi connectivity index (χ3v) is 4.67. The van der Waals surface area contributed by atoms with Crippen molar-refractivity contribution in [1.82, 2.24) is 5.32 Å². The molecule has 1 atom stereocenters. The van der Waals surface area contributed by atoms with Crippen LogP contribution in [0.1, 0.15) is 18.1 Å². The second-order valence-corrected chi connectivity index (χ2v) is 7.20. The Morgan fingerprint density at radius 2 is 1.57 bits per heavy atom. The number of carboxylic acid groups (broad SMARTS) is 2. The van der Waals surface area contributed by atoms with Gasteiger partial charge in [-0.05, 0) is 36.6 Å². The molecule has 0 radical (unpaired) electrons. The van der Waals surface area contributed by atoms with Crippen molar-refractivity contribution in [2.24, 2.45) is 5.73 Å². The Bertz CT molecular complexity index is 903. The van der Waals surface area contributed by atoms with Gasteiger partial charge in [-0.15, -0.1) is 0 Å². The van der Waals surface area contributed by atoms with Gasteiger partial charge in [0.25, 0.3) is 0 Å². The first kappa shape index (κ1) is 25.2. The van der Waals surface area contributed by atoms with Crippen molar-refractivity contribution in [1.29, 1.82) is 0 Å². The van der Waals surface area contributed by atoms with Crippen LogP contribution in [0, 0.1) is 0 Å².